The SMILES string of the molecule is CC/C=C(\CCC)c1ccc(NC(=O)c2ccc(C3=CCN(C(=O)OC(C)(C)C)CC3)cc2C)c(C(F)(F)F)c1. The number of amides is 2. The maximum atomic E-state index is 14.0. The normalized spacial score (nSPS) is 14.6. The van der Waals surface area contributed by atoms with Crippen molar-refractivity contribution in [2.45, 2.75) is 79.0 Å². The first-order valence-corrected chi connectivity index (χ1v) is 13.7. The number of rotatable bonds is 7. The predicted molar refractivity (Wildman–Crippen MR) is 154 cm³/mol. The molecule has 0 spiro atoms. The van der Waals surface area contributed by atoms with E-state index in [1.807, 2.05) is 52.8 Å². The van der Waals surface area contributed by atoms with Crippen LogP contribution in [0.25, 0.3) is 11.1 Å². The highest BCUT2D eigenvalue weighted by molar-refractivity contribution is 6.06. The van der Waals surface area contributed by atoms with Gasteiger partial charge < -0.3 is 15.0 Å². The molecule has 2 aromatic rings. The molecule has 0 unspecified atom stereocenters. The maximum absolute atomic E-state index is 14.0. The third-order valence-electron chi connectivity index (χ3n) is 6.62. The van der Waals surface area contributed by atoms with E-state index in [-0.39, 0.29) is 11.8 Å². The summed E-state index contributed by atoms with van der Waals surface area (Å²) in [5.74, 6) is -0.603. The molecule has 0 fully saturated rings. The summed E-state index contributed by atoms with van der Waals surface area (Å²) in [5.41, 5.74) is 2.56. The second-order valence-electron chi connectivity index (χ2n) is 11.0. The first-order chi connectivity index (χ1) is 18.7. The topological polar surface area (TPSA) is 58.6 Å². The van der Waals surface area contributed by atoms with E-state index in [1.165, 1.54) is 6.07 Å². The summed E-state index contributed by atoms with van der Waals surface area (Å²) >= 11 is 0. The number of hydrogen-bond acceptors (Lipinski definition) is 3. The fraction of sp³-hybridized carbons (Fsp3) is 0.438. The number of hydrogen-bond donors (Lipinski definition) is 1. The van der Waals surface area contributed by atoms with Crippen LogP contribution >= 0.6 is 0 Å². The molecule has 0 saturated carbocycles. The molecule has 1 N–H and O–H groups in total. The zero-order chi connectivity index (χ0) is 29.7. The van der Waals surface area contributed by atoms with Crippen molar-refractivity contribution in [2.75, 3.05) is 18.4 Å². The van der Waals surface area contributed by atoms with Gasteiger partial charge in [-0.15, -0.1) is 0 Å². The van der Waals surface area contributed by atoms with E-state index in [1.54, 1.807) is 30.0 Å². The summed E-state index contributed by atoms with van der Waals surface area (Å²) in [5, 5.41) is 2.49. The van der Waals surface area contributed by atoms with Crippen molar-refractivity contribution in [1.29, 1.82) is 0 Å². The quantitative estimate of drug-likeness (QED) is 0.371. The first kappa shape index (κ1) is 31.0. The Morgan fingerprint density at radius 3 is 2.35 bits per heavy atom. The van der Waals surface area contributed by atoms with Gasteiger partial charge in [0.1, 0.15) is 5.60 Å². The molecule has 0 aliphatic carbocycles. The molecule has 216 valence electrons. The number of carbonyl (C=O) groups excluding carboxylic acids is 2. The van der Waals surface area contributed by atoms with Gasteiger partial charge in [-0.25, -0.2) is 4.79 Å². The Balaban J connectivity index is 1.79. The number of carbonyl (C=O) groups is 2. The lowest BCUT2D eigenvalue weighted by molar-refractivity contribution is -0.136. The van der Waals surface area contributed by atoms with Crippen LogP contribution in [-0.2, 0) is 10.9 Å². The second kappa shape index (κ2) is 12.7. The van der Waals surface area contributed by atoms with Crippen LogP contribution in [0.5, 0.6) is 0 Å². The summed E-state index contributed by atoms with van der Waals surface area (Å²) in [6.07, 6.45) is 1.76. The molecular weight excluding hydrogens is 517 g/mol. The molecule has 40 heavy (non-hydrogen) atoms. The Kier molecular flexibility index (Phi) is 9.87. The molecule has 2 aromatic carbocycles. The minimum atomic E-state index is -4.62. The highest BCUT2D eigenvalue weighted by atomic mass is 19.4. The van der Waals surface area contributed by atoms with Gasteiger partial charge in [0.2, 0.25) is 0 Å². The zero-order valence-electron chi connectivity index (χ0n) is 24.2. The van der Waals surface area contributed by atoms with Gasteiger partial charge in [0.25, 0.3) is 5.91 Å². The van der Waals surface area contributed by atoms with Gasteiger partial charge in [0, 0.05) is 18.7 Å². The molecule has 0 atom stereocenters. The highest BCUT2D eigenvalue weighted by Gasteiger charge is 2.34. The molecule has 1 heterocycles. The van der Waals surface area contributed by atoms with Crippen LogP contribution in [0.1, 0.15) is 92.9 Å². The smallest absolute Gasteiger partial charge is 0.418 e. The van der Waals surface area contributed by atoms with Crippen LogP contribution < -0.4 is 5.32 Å². The monoisotopic (exact) mass is 556 g/mol. The van der Waals surface area contributed by atoms with Gasteiger partial charge in [0.05, 0.1) is 11.3 Å². The number of allylic oxidation sites excluding steroid dienone is 2. The van der Waals surface area contributed by atoms with Gasteiger partial charge in [-0.3, -0.25) is 4.79 Å². The van der Waals surface area contributed by atoms with E-state index >= 15 is 0 Å². The third kappa shape index (κ3) is 7.99. The molecule has 0 radical (unpaired) electrons. The van der Waals surface area contributed by atoms with Gasteiger partial charge in [-0.2, -0.15) is 13.2 Å². The van der Waals surface area contributed by atoms with E-state index in [2.05, 4.69) is 5.32 Å². The number of ether oxygens (including phenoxy) is 1. The fourth-order valence-electron chi connectivity index (χ4n) is 4.70. The van der Waals surface area contributed by atoms with Crippen LogP contribution in [0.3, 0.4) is 0 Å². The van der Waals surface area contributed by atoms with E-state index in [0.717, 1.165) is 35.6 Å². The van der Waals surface area contributed by atoms with Crippen molar-refractivity contribution < 1.29 is 27.5 Å². The largest absolute Gasteiger partial charge is 0.444 e. The minimum Gasteiger partial charge on any atom is -0.444 e. The van der Waals surface area contributed by atoms with E-state index in [0.29, 0.717) is 42.6 Å². The van der Waals surface area contributed by atoms with E-state index in [9.17, 15) is 22.8 Å². The van der Waals surface area contributed by atoms with Crippen molar-refractivity contribution in [3.8, 4) is 0 Å². The second-order valence-corrected chi connectivity index (χ2v) is 11.0. The van der Waals surface area contributed by atoms with Crippen molar-refractivity contribution in [2.24, 2.45) is 0 Å². The lowest BCUT2D eigenvalue weighted by Gasteiger charge is -2.29. The van der Waals surface area contributed by atoms with Crippen molar-refractivity contribution in [3.05, 3.63) is 76.4 Å². The lowest BCUT2D eigenvalue weighted by Crippen LogP contribution is -2.39. The van der Waals surface area contributed by atoms with E-state index < -0.39 is 23.2 Å². The van der Waals surface area contributed by atoms with Crippen LogP contribution in [0.2, 0.25) is 0 Å². The molecule has 8 heteroatoms. The summed E-state index contributed by atoms with van der Waals surface area (Å²) < 4.78 is 47.4. The number of halogens is 3. The third-order valence-corrected chi connectivity index (χ3v) is 6.62. The number of nitrogens with one attached hydrogen (secondary N) is 1. The molecule has 0 bridgehead atoms. The summed E-state index contributed by atoms with van der Waals surface area (Å²) in [7, 11) is 0. The predicted octanol–water partition coefficient (Wildman–Crippen LogP) is 8.88. The van der Waals surface area contributed by atoms with Crippen LogP contribution in [-0.4, -0.2) is 35.6 Å². The number of alkyl halides is 3. The molecule has 2 amide bonds. The summed E-state index contributed by atoms with van der Waals surface area (Å²) in [6.45, 7) is 12.1. The molecule has 1 aliphatic heterocycles. The van der Waals surface area contributed by atoms with Crippen LogP contribution in [0.15, 0.2) is 48.6 Å². The van der Waals surface area contributed by atoms with E-state index in [4.69, 9.17) is 4.74 Å². The molecule has 5 nitrogen and oxygen atoms in total. The fourth-order valence-corrected chi connectivity index (χ4v) is 4.70. The maximum Gasteiger partial charge on any atom is 0.418 e. The number of aryl methyl sites for hydroxylation is 1. The number of anilines is 1. The lowest BCUT2D eigenvalue weighted by atomic mass is 9.95. The number of nitrogens with zero attached hydrogens (tertiary/aromatic N) is 1. The number of benzene rings is 2. The average Bonchev–Trinajstić information content (AvgIpc) is 2.87. The zero-order valence-corrected chi connectivity index (χ0v) is 24.2. The van der Waals surface area contributed by atoms with Gasteiger partial charge in [0.15, 0.2) is 0 Å². The molecular formula is C32H39F3N2O3. The Bertz CT molecular complexity index is 1300. The van der Waals surface area contributed by atoms with Gasteiger partial charge in [-0.05, 0) is 93.0 Å². The van der Waals surface area contributed by atoms with Crippen LogP contribution in [0.4, 0.5) is 23.7 Å². The Morgan fingerprint density at radius 2 is 1.80 bits per heavy atom. The summed E-state index contributed by atoms with van der Waals surface area (Å²) in [4.78, 5) is 27.1. The summed E-state index contributed by atoms with van der Waals surface area (Å²) in [6, 6.07) is 9.36. The highest BCUT2D eigenvalue weighted by Crippen LogP contribution is 2.38. The Labute approximate surface area is 235 Å². The van der Waals surface area contributed by atoms with Gasteiger partial charge in [-0.1, -0.05) is 50.6 Å². The van der Waals surface area contributed by atoms with Gasteiger partial charge >= 0.3 is 12.3 Å². The molecule has 1 aliphatic rings. The van der Waals surface area contributed by atoms with Crippen molar-refractivity contribution in [1.82, 2.24) is 4.90 Å². The van der Waals surface area contributed by atoms with Crippen molar-refractivity contribution in [3.63, 3.8) is 0 Å². The Morgan fingerprint density at radius 1 is 1.07 bits per heavy atom. The molecule has 3 rings (SSSR count). The van der Waals surface area contributed by atoms with Crippen molar-refractivity contribution >= 4 is 28.8 Å². The standard InChI is InChI=1S/C32H39F3N2O3/c1-7-9-22(10-8-2)25-12-14-28(27(20-25)32(33,34)35)36-29(38)26-13-11-24(19-21(26)3)23-15-17-37(18-16-23)30(39)40-31(4,5)6/h9,11-15,19-20H,7-8,10,16-18H2,1-6H3,(H,36,38)/b22-9+. The average molecular weight is 557 g/mol. The minimum absolute atomic E-state index is 0.269. The van der Waals surface area contributed by atoms with Crippen LogP contribution in [0, 0.1) is 6.92 Å². The molecule has 0 saturated heterocycles. The first-order valence-electron chi connectivity index (χ1n) is 13.7. The molecule has 0 aromatic heterocycles. The Hall–Kier alpha value is -3.55.